The molecule has 1 aliphatic rings. The number of hydrogen-bond donors (Lipinski definition) is 1. The van der Waals surface area contributed by atoms with Crippen LogP contribution in [-0.4, -0.2) is 47.2 Å². The molecule has 1 atom stereocenters. The van der Waals surface area contributed by atoms with Crippen LogP contribution in [0.15, 0.2) is 53.4 Å². The van der Waals surface area contributed by atoms with Crippen LogP contribution in [-0.2, 0) is 19.6 Å². The summed E-state index contributed by atoms with van der Waals surface area (Å²) in [5.74, 6) is 0.462. The molecule has 1 saturated heterocycles. The lowest BCUT2D eigenvalue weighted by Crippen LogP contribution is -2.50. The molecule has 0 radical (unpaired) electrons. The number of nitrogens with zero attached hydrogens (tertiary/aromatic N) is 1. The number of amides is 1. The molecule has 1 amide bonds. The van der Waals surface area contributed by atoms with E-state index in [9.17, 15) is 13.2 Å². The first-order chi connectivity index (χ1) is 12.9. The summed E-state index contributed by atoms with van der Waals surface area (Å²) in [6.07, 6.45) is -0.450. The minimum absolute atomic E-state index is 0.0734. The maximum absolute atomic E-state index is 12.4. The fraction of sp³-hybridized carbons (Fsp3) is 0.316. The first-order valence-corrected chi connectivity index (χ1v) is 10.00. The number of methoxy groups -OCH3 is 1. The lowest BCUT2D eigenvalue weighted by atomic mass is 10.2. The maximum atomic E-state index is 12.4. The summed E-state index contributed by atoms with van der Waals surface area (Å²) in [6.45, 7) is 2.12. The summed E-state index contributed by atoms with van der Waals surface area (Å²) in [5.41, 5.74) is 1.67. The Morgan fingerprint density at radius 1 is 1.22 bits per heavy atom. The average Bonchev–Trinajstić information content (AvgIpc) is 2.68. The smallest absolute Gasteiger partial charge is 0.253 e. The van der Waals surface area contributed by atoms with E-state index in [-0.39, 0.29) is 30.5 Å². The van der Waals surface area contributed by atoms with Crippen LogP contribution < -0.4 is 14.4 Å². The van der Waals surface area contributed by atoms with Crippen molar-refractivity contribution in [3.63, 3.8) is 0 Å². The molecule has 2 aromatic rings. The zero-order valence-corrected chi connectivity index (χ0v) is 16.0. The highest BCUT2D eigenvalue weighted by Gasteiger charge is 2.28. The number of rotatable bonds is 6. The van der Waals surface area contributed by atoms with Gasteiger partial charge in [-0.15, -0.1) is 0 Å². The number of carbonyl (C=O) groups excluding carboxylic acids is 1. The second-order valence-electron chi connectivity index (χ2n) is 6.30. The van der Waals surface area contributed by atoms with E-state index < -0.39 is 16.1 Å². The number of sulfonamides is 1. The SMILES string of the molecule is COc1cccc(N2CC(CNS(=O)(=O)c3ccc(C)cc3)OCC2=O)c1. The van der Waals surface area contributed by atoms with Gasteiger partial charge < -0.3 is 14.4 Å². The Balaban J connectivity index is 1.67. The van der Waals surface area contributed by atoms with Crippen LogP contribution in [0.25, 0.3) is 0 Å². The Bertz CT molecular complexity index is 912. The van der Waals surface area contributed by atoms with Gasteiger partial charge in [-0.1, -0.05) is 23.8 Å². The van der Waals surface area contributed by atoms with Gasteiger partial charge in [0.2, 0.25) is 10.0 Å². The highest BCUT2D eigenvalue weighted by molar-refractivity contribution is 7.89. The summed E-state index contributed by atoms with van der Waals surface area (Å²) in [5, 5.41) is 0. The molecular weight excluding hydrogens is 368 g/mol. The van der Waals surface area contributed by atoms with E-state index in [1.54, 1.807) is 60.5 Å². The van der Waals surface area contributed by atoms with Crippen LogP contribution in [0.5, 0.6) is 5.75 Å². The van der Waals surface area contributed by atoms with Crippen LogP contribution in [0.2, 0.25) is 0 Å². The monoisotopic (exact) mass is 390 g/mol. The summed E-state index contributed by atoms with van der Waals surface area (Å²) in [7, 11) is -2.08. The first-order valence-electron chi connectivity index (χ1n) is 8.51. The molecular formula is C19H22N2O5S. The molecule has 7 nitrogen and oxygen atoms in total. The number of ether oxygens (including phenoxy) is 2. The average molecular weight is 390 g/mol. The summed E-state index contributed by atoms with van der Waals surface area (Å²) in [6, 6.07) is 13.8. The summed E-state index contributed by atoms with van der Waals surface area (Å²) in [4.78, 5) is 14.0. The quantitative estimate of drug-likeness (QED) is 0.812. The number of benzene rings is 2. The Hall–Kier alpha value is -2.42. The standard InChI is InChI=1S/C19H22N2O5S/c1-14-6-8-18(9-7-14)27(23,24)20-11-17-12-21(19(22)13-26-17)15-4-3-5-16(10-15)25-2/h3-10,17,20H,11-13H2,1-2H3. The highest BCUT2D eigenvalue weighted by Crippen LogP contribution is 2.23. The van der Waals surface area contributed by atoms with Gasteiger partial charge in [-0.3, -0.25) is 4.79 Å². The van der Waals surface area contributed by atoms with E-state index >= 15 is 0 Å². The van der Waals surface area contributed by atoms with Crippen molar-refractivity contribution in [2.45, 2.75) is 17.9 Å². The Kier molecular flexibility index (Phi) is 5.79. The van der Waals surface area contributed by atoms with Gasteiger partial charge in [-0.05, 0) is 31.2 Å². The lowest BCUT2D eigenvalue weighted by molar-refractivity contribution is -0.129. The molecule has 1 fully saturated rings. The van der Waals surface area contributed by atoms with Crippen molar-refractivity contribution >= 4 is 21.6 Å². The number of morpholine rings is 1. The lowest BCUT2D eigenvalue weighted by Gasteiger charge is -2.33. The topological polar surface area (TPSA) is 84.9 Å². The van der Waals surface area contributed by atoms with Crippen molar-refractivity contribution in [1.82, 2.24) is 4.72 Å². The Morgan fingerprint density at radius 2 is 1.96 bits per heavy atom. The molecule has 0 saturated carbocycles. The molecule has 0 aliphatic carbocycles. The molecule has 2 aromatic carbocycles. The van der Waals surface area contributed by atoms with Crippen LogP contribution in [0.3, 0.4) is 0 Å². The van der Waals surface area contributed by atoms with E-state index in [4.69, 9.17) is 9.47 Å². The van der Waals surface area contributed by atoms with Gasteiger partial charge in [0.25, 0.3) is 5.91 Å². The zero-order chi connectivity index (χ0) is 19.4. The van der Waals surface area contributed by atoms with E-state index in [0.29, 0.717) is 11.4 Å². The Morgan fingerprint density at radius 3 is 2.67 bits per heavy atom. The minimum Gasteiger partial charge on any atom is -0.497 e. The third kappa shape index (κ3) is 4.65. The van der Waals surface area contributed by atoms with Crippen molar-refractivity contribution in [2.75, 3.05) is 31.7 Å². The van der Waals surface area contributed by atoms with E-state index in [1.165, 1.54) is 0 Å². The molecule has 0 bridgehead atoms. The number of anilines is 1. The molecule has 144 valence electrons. The summed E-state index contributed by atoms with van der Waals surface area (Å²) >= 11 is 0. The normalized spacial score (nSPS) is 17.8. The van der Waals surface area contributed by atoms with Gasteiger partial charge in [0.1, 0.15) is 12.4 Å². The molecule has 1 N–H and O–H groups in total. The second kappa shape index (κ2) is 8.08. The predicted octanol–water partition coefficient (Wildman–Crippen LogP) is 1.71. The molecule has 1 unspecified atom stereocenters. The van der Waals surface area contributed by atoms with Crippen molar-refractivity contribution in [2.24, 2.45) is 0 Å². The molecule has 0 spiro atoms. The number of hydrogen-bond acceptors (Lipinski definition) is 5. The zero-order valence-electron chi connectivity index (χ0n) is 15.2. The van der Waals surface area contributed by atoms with Crippen molar-refractivity contribution < 1.29 is 22.7 Å². The van der Waals surface area contributed by atoms with Crippen LogP contribution >= 0.6 is 0 Å². The molecule has 3 rings (SSSR count). The first kappa shape index (κ1) is 19.3. The maximum Gasteiger partial charge on any atom is 0.253 e. The largest absolute Gasteiger partial charge is 0.497 e. The Labute approximate surface area is 158 Å². The molecule has 1 aliphatic heterocycles. The predicted molar refractivity (Wildman–Crippen MR) is 101 cm³/mol. The van der Waals surface area contributed by atoms with Gasteiger partial charge >= 0.3 is 0 Å². The molecule has 1 heterocycles. The van der Waals surface area contributed by atoms with Gasteiger partial charge in [-0.2, -0.15) is 0 Å². The van der Waals surface area contributed by atoms with Crippen LogP contribution in [0, 0.1) is 6.92 Å². The fourth-order valence-corrected chi connectivity index (χ4v) is 3.85. The van der Waals surface area contributed by atoms with Gasteiger partial charge in [0.05, 0.1) is 24.7 Å². The van der Waals surface area contributed by atoms with E-state index in [1.807, 2.05) is 6.92 Å². The van der Waals surface area contributed by atoms with E-state index in [2.05, 4.69) is 4.72 Å². The number of aryl methyl sites for hydroxylation is 1. The third-order valence-corrected chi connectivity index (χ3v) is 5.77. The van der Waals surface area contributed by atoms with Crippen molar-refractivity contribution in [1.29, 1.82) is 0 Å². The van der Waals surface area contributed by atoms with Gasteiger partial charge in [0.15, 0.2) is 0 Å². The number of carbonyl (C=O) groups is 1. The highest BCUT2D eigenvalue weighted by atomic mass is 32.2. The fourth-order valence-electron chi connectivity index (χ4n) is 2.78. The molecule has 27 heavy (non-hydrogen) atoms. The third-order valence-electron chi connectivity index (χ3n) is 4.33. The van der Waals surface area contributed by atoms with Crippen LogP contribution in [0.4, 0.5) is 5.69 Å². The van der Waals surface area contributed by atoms with Crippen LogP contribution in [0.1, 0.15) is 5.56 Å². The second-order valence-corrected chi connectivity index (χ2v) is 8.07. The minimum atomic E-state index is -3.64. The molecule has 0 aromatic heterocycles. The number of nitrogens with one attached hydrogen (secondary N) is 1. The summed E-state index contributed by atoms with van der Waals surface area (Å²) < 4.78 is 38.1. The van der Waals surface area contributed by atoms with Crippen molar-refractivity contribution in [3.05, 3.63) is 54.1 Å². The van der Waals surface area contributed by atoms with Crippen molar-refractivity contribution in [3.8, 4) is 5.75 Å². The van der Waals surface area contributed by atoms with Gasteiger partial charge in [0, 0.05) is 18.3 Å². The van der Waals surface area contributed by atoms with Gasteiger partial charge in [-0.25, -0.2) is 13.1 Å². The molecule has 8 heteroatoms. The van der Waals surface area contributed by atoms with E-state index in [0.717, 1.165) is 5.56 Å².